The first kappa shape index (κ1) is 39.6. The third kappa shape index (κ3) is 13.6. The van der Waals surface area contributed by atoms with Gasteiger partial charge in [0.2, 0.25) is 24.1 Å². The molecule has 0 radical (unpaired) electrons. The normalized spacial score (nSPS) is 17.4. The average Bonchev–Trinajstić information content (AvgIpc) is 3.03. The third-order valence-electron chi connectivity index (χ3n) is 7.31. The Labute approximate surface area is 261 Å². The predicted octanol–water partition coefficient (Wildman–Crippen LogP) is -4.01. The van der Waals surface area contributed by atoms with Gasteiger partial charge in [0.15, 0.2) is 0 Å². The number of hydrogen-bond acceptors (Lipinski definition) is 13. The Morgan fingerprint density at radius 1 is 0.933 bits per heavy atom. The van der Waals surface area contributed by atoms with E-state index in [4.69, 9.17) is 5.73 Å². The SMILES string of the molecule is CNC(CCCN(O)C(=O)C(CO)NC(=O)C(CCCN(O)C=O)NC)C(=O)NC(CCCN)C(=O)NC1CCCN(O)C1=O. The fourth-order valence-corrected chi connectivity index (χ4v) is 4.64. The molecule has 1 fully saturated rings. The first-order valence-corrected chi connectivity index (χ1v) is 14.9. The second-order valence-corrected chi connectivity index (χ2v) is 10.6. The van der Waals surface area contributed by atoms with Crippen molar-refractivity contribution >= 4 is 35.9 Å². The van der Waals surface area contributed by atoms with Crippen molar-refractivity contribution in [1.82, 2.24) is 41.8 Å². The van der Waals surface area contributed by atoms with Crippen LogP contribution in [0.4, 0.5) is 0 Å². The molecule has 258 valence electrons. The highest BCUT2D eigenvalue weighted by molar-refractivity contribution is 5.93. The van der Waals surface area contributed by atoms with E-state index in [-0.39, 0.29) is 64.7 Å². The maximum absolute atomic E-state index is 13.0. The maximum Gasteiger partial charge on any atom is 0.270 e. The van der Waals surface area contributed by atoms with Crippen LogP contribution in [0.1, 0.15) is 51.4 Å². The molecule has 19 nitrogen and oxygen atoms in total. The van der Waals surface area contributed by atoms with Crippen molar-refractivity contribution in [2.45, 2.75) is 81.6 Å². The summed E-state index contributed by atoms with van der Waals surface area (Å²) in [5, 5.41) is 53.2. The topological polar surface area (TPSA) is 279 Å². The monoisotopic (exact) mass is 647 g/mol. The summed E-state index contributed by atoms with van der Waals surface area (Å²) in [5.41, 5.74) is 5.58. The van der Waals surface area contributed by atoms with E-state index in [0.717, 1.165) is 0 Å². The minimum absolute atomic E-state index is 0.0140. The lowest BCUT2D eigenvalue weighted by molar-refractivity contribution is -0.173. The van der Waals surface area contributed by atoms with Crippen LogP contribution in [-0.4, -0.2) is 149 Å². The number of aliphatic hydroxyl groups is 1. The third-order valence-corrected chi connectivity index (χ3v) is 7.31. The van der Waals surface area contributed by atoms with Gasteiger partial charge in [0.25, 0.3) is 11.8 Å². The Bertz CT molecular complexity index is 975. The van der Waals surface area contributed by atoms with Crippen LogP contribution in [0, 0.1) is 0 Å². The van der Waals surface area contributed by atoms with Crippen LogP contribution in [0.2, 0.25) is 0 Å². The molecular formula is C26H49N9O10. The van der Waals surface area contributed by atoms with Crippen LogP contribution >= 0.6 is 0 Å². The Kier molecular flexibility index (Phi) is 18.7. The zero-order chi connectivity index (χ0) is 33.9. The van der Waals surface area contributed by atoms with Crippen molar-refractivity contribution < 1.29 is 49.5 Å². The quantitative estimate of drug-likeness (QED) is 0.0305. The van der Waals surface area contributed by atoms with Gasteiger partial charge in [0.05, 0.1) is 18.7 Å². The average molecular weight is 648 g/mol. The van der Waals surface area contributed by atoms with Crippen LogP contribution in [0.25, 0.3) is 0 Å². The summed E-state index contributed by atoms with van der Waals surface area (Å²) in [6.07, 6.45) is 2.38. The molecule has 0 spiro atoms. The standard InChI is InChI=1S/C26H49N9O10/c1-28-17(8-4-12-33(43)16-37)23(39)32-21(15-36)26(42)35(45)13-5-9-18(29-2)22(38)30-19(7-3-11-27)24(40)31-20-10-6-14-34(44)25(20)41/h16-21,28-29,36,43-45H,3-15,27H2,1-2H3,(H,30,38)(H,31,40)(H,32,39). The van der Waals surface area contributed by atoms with E-state index in [9.17, 15) is 49.5 Å². The van der Waals surface area contributed by atoms with Crippen LogP contribution in [0.3, 0.4) is 0 Å². The number of hydroxylamine groups is 6. The number of hydrogen-bond donors (Lipinski definition) is 10. The van der Waals surface area contributed by atoms with Crippen molar-refractivity contribution in [3.8, 4) is 0 Å². The van der Waals surface area contributed by atoms with Crippen LogP contribution < -0.4 is 32.3 Å². The first-order valence-electron chi connectivity index (χ1n) is 14.9. The zero-order valence-corrected chi connectivity index (χ0v) is 25.8. The first-order chi connectivity index (χ1) is 21.4. The summed E-state index contributed by atoms with van der Waals surface area (Å²) in [6.45, 7) is -0.634. The lowest BCUT2D eigenvalue weighted by atomic mass is 10.0. The molecule has 1 rings (SSSR count). The molecule has 11 N–H and O–H groups in total. The predicted molar refractivity (Wildman–Crippen MR) is 156 cm³/mol. The van der Waals surface area contributed by atoms with E-state index in [0.29, 0.717) is 34.5 Å². The lowest BCUT2D eigenvalue weighted by Gasteiger charge is -2.29. The summed E-state index contributed by atoms with van der Waals surface area (Å²) >= 11 is 0. The molecule has 45 heavy (non-hydrogen) atoms. The van der Waals surface area contributed by atoms with E-state index < -0.39 is 66.4 Å². The number of amides is 6. The van der Waals surface area contributed by atoms with Crippen molar-refractivity contribution in [3.63, 3.8) is 0 Å². The smallest absolute Gasteiger partial charge is 0.270 e. The van der Waals surface area contributed by atoms with Crippen molar-refractivity contribution in [3.05, 3.63) is 0 Å². The molecule has 0 aliphatic carbocycles. The summed E-state index contributed by atoms with van der Waals surface area (Å²) in [4.78, 5) is 73.8. The fourth-order valence-electron chi connectivity index (χ4n) is 4.64. The van der Waals surface area contributed by atoms with E-state index in [2.05, 4.69) is 26.6 Å². The fraction of sp³-hybridized carbons (Fsp3) is 0.769. The van der Waals surface area contributed by atoms with Crippen molar-refractivity contribution in [2.24, 2.45) is 5.73 Å². The van der Waals surface area contributed by atoms with Gasteiger partial charge in [-0.1, -0.05) is 0 Å². The number of carbonyl (C=O) groups is 6. The van der Waals surface area contributed by atoms with Gasteiger partial charge in [-0.3, -0.25) is 44.4 Å². The lowest BCUT2D eigenvalue weighted by Crippen LogP contribution is -2.57. The summed E-state index contributed by atoms with van der Waals surface area (Å²) in [7, 11) is 3.02. The molecular weight excluding hydrogens is 598 g/mol. The highest BCUT2D eigenvalue weighted by atomic mass is 16.5. The van der Waals surface area contributed by atoms with E-state index in [1.807, 2.05) is 0 Å². The summed E-state index contributed by atoms with van der Waals surface area (Å²) < 4.78 is 0. The van der Waals surface area contributed by atoms with Gasteiger partial charge in [0, 0.05) is 19.6 Å². The number of rotatable bonds is 22. The molecule has 0 bridgehead atoms. The molecule has 1 aliphatic heterocycles. The second-order valence-electron chi connectivity index (χ2n) is 10.6. The number of carbonyl (C=O) groups excluding carboxylic acids is 6. The minimum atomic E-state index is -1.46. The van der Waals surface area contributed by atoms with Crippen molar-refractivity contribution in [2.75, 3.05) is 46.9 Å². The number of nitrogens with one attached hydrogen (secondary N) is 5. The van der Waals surface area contributed by atoms with Crippen LogP contribution in [0.5, 0.6) is 0 Å². The molecule has 19 heteroatoms. The Balaban J connectivity index is 2.67. The minimum Gasteiger partial charge on any atom is -0.394 e. The number of likely N-dealkylation sites (N-methyl/N-ethyl adjacent to an activating group) is 2. The summed E-state index contributed by atoms with van der Waals surface area (Å²) in [5.74, 6) is -3.40. The van der Waals surface area contributed by atoms with Gasteiger partial charge in [-0.15, -0.1) is 0 Å². The molecule has 0 aromatic carbocycles. The number of piperidine rings is 1. The number of nitrogens with two attached hydrogens (primary N) is 1. The maximum atomic E-state index is 13.0. The summed E-state index contributed by atoms with van der Waals surface area (Å²) in [6, 6.07) is -5.01. The molecule has 1 aliphatic rings. The molecule has 5 atom stereocenters. The van der Waals surface area contributed by atoms with Crippen LogP contribution in [-0.2, 0) is 28.8 Å². The highest BCUT2D eigenvalue weighted by Crippen LogP contribution is 2.11. The number of aliphatic hydroxyl groups excluding tert-OH is 1. The molecule has 0 aromatic heterocycles. The largest absolute Gasteiger partial charge is 0.394 e. The Morgan fingerprint density at radius 2 is 1.49 bits per heavy atom. The highest BCUT2D eigenvalue weighted by Gasteiger charge is 2.33. The van der Waals surface area contributed by atoms with Gasteiger partial charge in [0.1, 0.15) is 18.1 Å². The van der Waals surface area contributed by atoms with E-state index >= 15 is 0 Å². The number of nitrogens with zero attached hydrogens (tertiary/aromatic N) is 3. The van der Waals surface area contributed by atoms with Gasteiger partial charge in [-0.2, -0.15) is 0 Å². The molecule has 1 saturated heterocycles. The Morgan fingerprint density at radius 3 is 2.02 bits per heavy atom. The van der Waals surface area contributed by atoms with Crippen LogP contribution in [0.15, 0.2) is 0 Å². The van der Waals surface area contributed by atoms with Gasteiger partial charge < -0.3 is 37.4 Å². The van der Waals surface area contributed by atoms with Gasteiger partial charge >= 0.3 is 0 Å². The second kappa shape index (κ2) is 21.3. The Hall–Kier alpha value is -3.46. The molecule has 0 aromatic rings. The van der Waals surface area contributed by atoms with Gasteiger partial charge in [-0.05, 0) is 72.0 Å². The molecule has 5 unspecified atom stereocenters. The van der Waals surface area contributed by atoms with Gasteiger partial charge in [-0.25, -0.2) is 15.2 Å². The molecule has 1 heterocycles. The van der Waals surface area contributed by atoms with E-state index in [1.54, 1.807) is 0 Å². The molecule has 0 saturated carbocycles. The molecule has 6 amide bonds. The zero-order valence-electron chi connectivity index (χ0n) is 25.8. The van der Waals surface area contributed by atoms with Crippen molar-refractivity contribution in [1.29, 1.82) is 0 Å². The van der Waals surface area contributed by atoms with E-state index in [1.165, 1.54) is 14.1 Å².